The molecule has 2 rings (SSSR count). The first-order valence-corrected chi connectivity index (χ1v) is 8.25. The summed E-state index contributed by atoms with van der Waals surface area (Å²) in [6.45, 7) is 6.21. The number of nitrogens with zero attached hydrogens (tertiary/aromatic N) is 1. The Morgan fingerprint density at radius 1 is 1.12 bits per heavy atom. The van der Waals surface area contributed by atoms with E-state index in [9.17, 15) is 9.59 Å². The molecule has 0 aliphatic heterocycles. The van der Waals surface area contributed by atoms with Crippen LogP contribution in [0.3, 0.4) is 0 Å². The number of anilines is 1. The predicted octanol–water partition coefficient (Wildman–Crippen LogP) is 3.41. The Bertz CT molecular complexity index is 771. The molecule has 0 aliphatic rings. The van der Waals surface area contributed by atoms with Crippen molar-refractivity contribution in [1.29, 1.82) is 0 Å². The third kappa shape index (κ3) is 4.83. The molecule has 132 valence electrons. The number of likely N-dealkylation sites (N-methyl/N-ethyl adjacent to an activating group) is 1. The van der Waals surface area contributed by atoms with E-state index in [0.717, 1.165) is 11.1 Å². The number of carbonyl (C=O) groups is 2. The second-order valence-corrected chi connectivity index (χ2v) is 5.92. The molecule has 0 saturated carbocycles. The van der Waals surface area contributed by atoms with Crippen LogP contribution in [-0.4, -0.2) is 36.9 Å². The van der Waals surface area contributed by atoms with Gasteiger partial charge < -0.3 is 15.0 Å². The number of nitrogens with one attached hydrogen (secondary N) is 1. The van der Waals surface area contributed by atoms with E-state index in [1.54, 1.807) is 31.4 Å². The van der Waals surface area contributed by atoms with Gasteiger partial charge in [-0.05, 0) is 44.5 Å². The lowest BCUT2D eigenvalue weighted by atomic mass is 10.0. The number of ether oxygens (including phenoxy) is 1. The van der Waals surface area contributed by atoms with Gasteiger partial charge in [0.05, 0.1) is 7.11 Å². The highest BCUT2D eigenvalue weighted by Gasteiger charge is 2.19. The molecule has 0 atom stereocenters. The molecule has 0 fully saturated rings. The van der Waals surface area contributed by atoms with Crippen LogP contribution in [0.4, 0.5) is 5.69 Å². The maximum Gasteiger partial charge on any atom is 0.254 e. The Hall–Kier alpha value is -2.82. The van der Waals surface area contributed by atoms with Gasteiger partial charge in [0.1, 0.15) is 12.3 Å². The van der Waals surface area contributed by atoms with Crippen molar-refractivity contribution in [3.63, 3.8) is 0 Å². The van der Waals surface area contributed by atoms with Crippen LogP contribution >= 0.6 is 0 Å². The molecule has 25 heavy (non-hydrogen) atoms. The summed E-state index contributed by atoms with van der Waals surface area (Å²) in [5.74, 6) is 0.283. The average molecular weight is 340 g/mol. The SMILES string of the molecule is CCN(CC(=O)Nc1cccc(OC)c1)C(=O)c1ccc(C)cc1C. The van der Waals surface area contributed by atoms with Crippen molar-refractivity contribution in [1.82, 2.24) is 4.90 Å². The molecule has 0 bridgehead atoms. The van der Waals surface area contributed by atoms with E-state index in [2.05, 4.69) is 5.32 Å². The highest BCUT2D eigenvalue weighted by molar-refractivity contribution is 6.00. The summed E-state index contributed by atoms with van der Waals surface area (Å²) in [6.07, 6.45) is 0. The molecular formula is C20H24N2O3. The Morgan fingerprint density at radius 3 is 2.52 bits per heavy atom. The van der Waals surface area contributed by atoms with Crippen LogP contribution in [-0.2, 0) is 4.79 Å². The number of rotatable bonds is 6. The van der Waals surface area contributed by atoms with Crippen LogP contribution in [0.1, 0.15) is 28.4 Å². The van der Waals surface area contributed by atoms with E-state index in [1.807, 2.05) is 39.0 Å². The van der Waals surface area contributed by atoms with Crippen molar-refractivity contribution < 1.29 is 14.3 Å². The summed E-state index contributed by atoms with van der Waals surface area (Å²) in [6, 6.07) is 12.8. The molecule has 2 aromatic rings. The number of aryl methyl sites for hydroxylation is 2. The standard InChI is InChI=1S/C20H24N2O3/c1-5-22(20(24)18-10-9-14(2)11-15(18)3)13-19(23)21-16-7-6-8-17(12-16)25-4/h6-12H,5,13H2,1-4H3,(H,21,23). The molecule has 0 spiro atoms. The molecule has 0 aromatic heterocycles. The van der Waals surface area contributed by atoms with Crippen LogP contribution < -0.4 is 10.1 Å². The Morgan fingerprint density at radius 2 is 1.88 bits per heavy atom. The van der Waals surface area contributed by atoms with Crippen LogP contribution in [0.5, 0.6) is 5.75 Å². The molecule has 2 aromatic carbocycles. The summed E-state index contributed by atoms with van der Waals surface area (Å²) in [4.78, 5) is 26.6. The Labute approximate surface area is 148 Å². The topological polar surface area (TPSA) is 58.6 Å². The van der Waals surface area contributed by atoms with E-state index in [-0.39, 0.29) is 18.4 Å². The number of amides is 2. The smallest absolute Gasteiger partial charge is 0.254 e. The number of methoxy groups -OCH3 is 1. The zero-order chi connectivity index (χ0) is 18.4. The fourth-order valence-electron chi connectivity index (χ4n) is 2.63. The number of hydrogen-bond donors (Lipinski definition) is 1. The first-order valence-electron chi connectivity index (χ1n) is 8.25. The summed E-state index contributed by atoms with van der Waals surface area (Å²) in [5.41, 5.74) is 3.28. The number of carbonyl (C=O) groups excluding carboxylic acids is 2. The molecular weight excluding hydrogens is 316 g/mol. The Kier molecular flexibility index (Phi) is 6.17. The first-order chi connectivity index (χ1) is 11.9. The third-order valence-electron chi connectivity index (χ3n) is 3.97. The normalized spacial score (nSPS) is 10.2. The van der Waals surface area contributed by atoms with E-state index >= 15 is 0 Å². The molecule has 2 amide bonds. The summed E-state index contributed by atoms with van der Waals surface area (Å²) in [7, 11) is 1.57. The van der Waals surface area contributed by atoms with Crippen LogP contribution in [0.15, 0.2) is 42.5 Å². The highest BCUT2D eigenvalue weighted by atomic mass is 16.5. The van der Waals surface area contributed by atoms with Gasteiger partial charge in [0.2, 0.25) is 5.91 Å². The molecule has 5 nitrogen and oxygen atoms in total. The lowest BCUT2D eigenvalue weighted by Gasteiger charge is -2.21. The van der Waals surface area contributed by atoms with E-state index < -0.39 is 0 Å². The Balaban J connectivity index is 2.07. The summed E-state index contributed by atoms with van der Waals surface area (Å²) < 4.78 is 5.14. The van der Waals surface area contributed by atoms with Crippen molar-refractivity contribution in [3.8, 4) is 5.75 Å². The van der Waals surface area contributed by atoms with Crippen LogP contribution in [0.2, 0.25) is 0 Å². The summed E-state index contributed by atoms with van der Waals surface area (Å²) in [5, 5.41) is 2.80. The molecule has 0 unspecified atom stereocenters. The van der Waals surface area contributed by atoms with Crippen molar-refractivity contribution in [2.24, 2.45) is 0 Å². The van der Waals surface area contributed by atoms with Crippen molar-refractivity contribution in [3.05, 3.63) is 59.2 Å². The first kappa shape index (κ1) is 18.5. The maximum absolute atomic E-state index is 12.7. The quantitative estimate of drug-likeness (QED) is 0.877. The molecule has 5 heteroatoms. The third-order valence-corrected chi connectivity index (χ3v) is 3.97. The van der Waals surface area contributed by atoms with Crippen molar-refractivity contribution in [2.45, 2.75) is 20.8 Å². The summed E-state index contributed by atoms with van der Waals surface area (Å²) >= 11 is 0. The highest BCUT2D eigenvalue weighted by Crippen LogP contribution is 2.17. The fourth-order valence-corrected chi connectivity index (χ4v) is 2.63. The second-order valence-electron chi connectivity index (χ2n) is 5.92. The van der Waals surface area contributed by atoms with Gasteiger partial charge in [-0.15, -0.1) is 0 Å². The molecule has 0 radical (unpaired) electrons. The lowest BCUT2D eigenvalue weighted by Crippen LogP contribution is -2.38. The zero-order valence-electron chi connectivity index (χ0n) is 15.1. The molecule has 0 heterocycles. The van der Waals surface area contributed by atoms with Gasteiger partial charge in [0, 0.05) is 23.9 Å². The zero-order valence-corrected chi connectivity index (χ0v) is 15.1. The lowest BCUT2D eigenvalue weighted by molar-refractivity contribution is -0.116. The largest absolute Gasteiger partial charge is 0.497 e. The van der Waals surface area contributed by atoms with E-state index in [1.165, 1.54) is 4.90 Å². The monoisotopic (exact) mass is 340 g/mol. The minimum Gasteiger partial charge on any atom is -0.497 e. The van der Waals surface area contributed by atoms with Gasteiger partial charge in [-0.1, -0.05) is 23.8 Å². The van der Waals surface area contributed by atoms with Crippen LogP contribution in [0, 0.1) is 13.8 Å². The molecule has 0 saturated heterocycles. The predicted molar refractivity (Wildman–Crippen MR) is 99.1 cm³/mol. The van der Waals surface area contributed by atoms with Gasteiger partial charge in [-0.2, -0.15) is 0 Å². The number of benzene rings is 2. The second kappa shape index (κ2) is 8.33. The van der Waals surface area contributed by atoms with E-state index in [0.29, 0.717) is 23.5 Å². The minimum absolute atomic E-state index is 0.000139. The number of hydrogen-bond acceptors (Lipinski definition) is 3. The minimum atomic E-state index is -0.242. The average Bonchev–Trinajstić information content (AvgIpc) is 2.59. The maximum atomic E-state index is 12.7. The van der Waals surface area contributed by atoms with Crippen LogP contribution in [0.25, 0.3) is 0 Å². The van der Waals surface area contributed by atoms with Gasteiger partial charge in [0.25, 0.3) is 5.91 Å². The molecule has 0 aliphatic carbocycles. The van der Waals surface area contributed by atoms with Crippen molar-refractivity contribution in [2.75, 3.05) is 25.5 Å². The van der Waals surface area contributed by atoms with Crippen molar-refractivity contribution >= 4 is 17.5 Å². The fraction of sp³-hybridized carbons (Fsp3) is 0.300. The van der Waals surface area contributed by atoms with Gasteiger partial charge in [-0.25, -0.2) is 0 Å². The van der Waals surface area contributed by atoms with E-state index in [4.69, 9.17) is 4.74 Å². The van der Waals surface area contributed by atoms with Gasteiger partial charge in [-0.3, -0.25) is 9.59 Å². The van der Waals surface area contributed by atoms with Gasteiger partial charge in [0.15, 0.2) is 0 Å². The molecule has 1 N–H and O–H groups in total. The van der Waals surface area contributed by atoms with Gasteiger partial charge >= 0.3 is 0 Å².